The number of aromatic nitrogens is 1. The molecule has 3 aromatic rings. The van der Waals surface area contributed by atoms with Gasteiger partial charge in [-0.05, 0) is 30.7 Å². The number of ether oxygens (including phenoxy) is 2. The summed E-state index contributed by atoms with van der Waals surface area (Å²) in [6.07, 6.45) is 17.7. The summed E-state index contributed by atoms with van der Waals surface area (Å²) in [7, 11) is 1.63. The number of hydrogen-bond donors (Lipinski definition) is 1. The largest absolute Gasteiger partial charge is 0.493 e. The van der Waals surface area contributed by atoms with Crippen LogP contribution in [0.3, 0.4) is 0 Å². The summed E-state index contributed by atoms with van der Waals surface area (Å²) >= 11 is 1.66. The summed E-state index contributed by atoms with van der Waals surface area (Å²) in [6.45, 7) is 3.67. The van der Waals surface area contributed by atoms with Crippen molar-refractivity contribution in [2.24, 2.45) is 0 Å². The Morgan fingerprint density at radius 1 is 0.868 bits per heavy atom. The van der Waals surface area contributed by atoms with Crippen LogP contribution in [0.2, 0.25) is 0 Å². The van der Waals surface area contributed by atoms with Crippen LogP contribution in [0.1, 0.15) is 99.9 Å². The van der Waals surface area contributed by atoms with Crippen molar-refractivity contribution in [3.8, 4) is 11.5 Å². The molecule has 0 radical (unpaired) electrons. The number of unbranched alkanes of at least 4 members (excludes halogenated alkanes) is 11. The number of para-hydroxylation sites is 1. The molecule has 0 saturated heterocycles. The lowest BCUT2D eigenvalue weighted by Gasteiger charge is -2.16. The lowest BCUT2D eigenvalue weighted by Crippen LogP contribution is -2.30. The van der Waals surface area contributed by atoms with Gasteiger partial charge in [-0.2, -0.15) is 4.57 Å². The molecular formula is C32H45N2O3S+. The standard InChI is InChI=1S/C32H44N2O3S/c1-3-4-5-6-7-8-9-10-11-12-13-14-23-37-31-29(16-15-17-30(31)36-2)33-32(35)28-20-18-27(19-21-28)25-34-22-24-38-26-34/h15-22,24,26H,3-14,23,25H2,1-2H3/p+1. The Kier molecular flexibility index (Phi) is 13.8. The van der Waals surface area contributed by atoms with Crippen LogP contribution in [-0.4, -0.2) is 19.6 Å². The fourth-order valence-electron chi connectivity index (χ4n) is 4.56. The molecule has 38 heavy (non-hydrogen) atoms. The van der Waals surface area contributed by atoms with E-state index < -0.39 is 0 Å². The molecular weight excluding hydrogens is 492 g/mol. The molecule has 0 spiro atoms. The Hall–Kier alpha value is -2.86. The quantitative estimate of drug-likeness (QED) is 0.123. The van der Waals surface area contributed by atoms with Gasteiger partial charge in [0.15, 0.2) is 24.2 Å². The van der Waals surface area contributed by atoms with Gasteiger partial charge in [0, 0.05) is 11.1 Å². The molecule has 206 valence electrons. The molecule has 2 aromatic carbocycles. The summed E-state index contributed by atoms with van der Waals surface area (Å²) in [5.41, 5.74) is 4.46. The van der Waals surface area contributed by atoms with E-state index in [1.54, 1.807) is 18.4 Å². The third kappa shape index (κ3) is 10.5. The van der Waals surface area contributed by atoms with Crippen LogP contribution < -0.4 is 19.4 Å². The first-order chi connectivity index (χ1) is 18.7. The molecule has 0 saturated carbocycles. The highest BCUT2D eigenvalue weighted by Gasteiger charge is 2.15. The number of rotatable bonds is 19. The number of carbonyl (C=O) groups is 1. The van der Waals surface area contributed by atoms with E-state index in [-0.39, 0.29) is 5.91 Å². The number of thiazole rings is 1. The lowest BCUT2D eigenvalue weighted by molar-refractivity contribution is -0.683. The van der Waals surface area contributed by atoms with Crippen LogP contribution in [-0.2, 0) is 6.54 Å². The minimum atomic E-state index is -0.164. The van der Waals surface area contributed by atoms with Gasteiger partial charge in [0.25, 0.3) is 5.91 Å². The maximum atomic E-state index is 13.0. The second-order valence-electron chi connectivity index (χ2n) is 9.92. The predicted molar refractivity (Wildman–Crippen MR) is 158 cm³/mol. The van der Waals surface area contributed by atoms with Gasteiger partial charge in [-0.25, -0.2) is 0 Å². The van der Waals surface area contributed by atoms with Crippen LogP contribution in [0.5, 0.6) is 11.5 Å². The summed E-state index contributed by atoms with van der Waals surface area (Å²) in [5, 5.41) is 5.06. The maximum Gasteiger partial charge on any atom is 0.255 e. The summed E-state index contributed by atoms with van der Waals surface area (Å²) in [5.74, 6) is 1.06. The van der Waals surface area contributed by atoms with Gasteiger partial charge >= 0.3 is 0 Å². The average molecular weight is 538 g/mol. The zero-order valence-electron chi connectivity index (χ0n) is 23.3. The molecule has 1 amide bonds. The molecule has 0 unspecified atom stereocenters. The Labute approximate surface area is 233 Å². The second-order valence-corrected chi connectivity index (χ2v) is 10.7. The third-order valence-electron chi connectivity index (χ3n) is 6.80. The van der Waals surface area contributed by atoms with Crippen LogP contribution in [0.4, 0.5) is 5.69 Å². The first-order valence-electron chi connectivity index (χ1n) is 14.3. The normalized spacial score (nSPS) is 10.9. The summed E-state index contributed by atoms with van der Waals surface area (Å²) in [4.78, 5) is 13.0. The van der Waals surface area contributed by atoms with E-state index >= 15 is 0 Å². The Morgan fingerprint density at radius 2 is 1.53 bits per heavy atom. The van der Waals surface area contributed by atoms with Crippen molar-refractivity contribution in [2.75, 3.05) is 19.0 Å². The lowest BCUT2D eigenvalue weighted by atomic mass is 10.1. The first kappa shape index (κ1) is 29.7. The highest BCUT2D eigenvalue weighted by Crippen LogP contribution is 2.35. The zero-order valence-corrected chi connectivity index (χ0v) is 24.1. The van der Waals surface area contributed by atoms with Crippen molar-refractivity contribution >= 4 is 22.9 Å². The topological polar surface area (TPSA) is 51.4 Å². The van der Waals surface area contributed by atoms with E-state index in [2.05, 4.69) is 22.3 Å². The van der Waals surface area contributed by atoms with E-state index in [1.807, 2.05) is 54.0 Å². The fraction of sp³-hybridized carbons (Fsp3) is 0.500. The number of nitrogens with one attached hydrogen (secondary N) is 1. The average Bonchev–Trinajstić information content (AvgIpc) is 3.45. The van der Waals surface area contributed by atoms with Gasteiger partial charge in [0.1, 0.15) is 0 Å². The smallest absolute Gasteiger partial charge is 0.255 e. The van der Waals surface area contributed by atoms with Gasteiger partial charge in [-0.15, -0.1) is 0 Å². The SMILES string of the molecule is CCCCCCCCCCCCCCOc1c(NC(=O)c2ccc(C[n+]3ccsc3)cc2)cccc1OC. The zero-order chi connectivity index (χ0) is 26.8. The van der Waals surface area contributed by atoms with E-state index in [0.717, 1.165) is 24.9 Å². The van der Waals surface area contributed by atoms with Crippen molar-refractivity contribution < 1.29 is 18.8 Å². The number of hydrogen-bond acceptors (Lipinski definition) is 4. The van der Waals surface area contributed by atoms with Gasteiger partial charge in [-0.1, -0.05) is 107 Å². The van der Waals surface area contributed by atoms with E-state index in [9.17, 15) is 4.79 Å². The highest BCUT2D eigenvalue weighted by atomic mass is 32.1. The van der Waals surface area contributed by atoms with Crippen molar-refractivity contribution in [3.05, 3.63) is 70.7 Å². The molecule has 0 aliphatic carbocycles. The monoisotopic (exact) mass is 537 g/mol. The highest BCUT2D eigenvalue weighted by molar-refractivity contribution is 7.07. The van der Waals surface area contributed by atoms with Gasteiger partial charge in [0.05, 0.1) is 24.8 Å². The molecule has 0 aliphatic rings. The third-order valence-corrected chi connectivity index (χ3v) is 7.47. The minimum Gasteiger partial charge on any atom is -0.493 e. The molecule has 1 aromatic heterocycles. The van der Waals surface area contributed by atoms with Crippen LogP contribution in [0, 0.1) is 0 Å². The van der Waals surface area contributed by atoms with Crippen molar-refractivity contribution in [2.45, 2.75) is 90.5 Å². The number of amides is 1. The number of nitrogens with zero attached hydrogens (tertiary/aromatic N) is 1. The number of anilines is 1. The van der Waals surface area contributed by atoms with E-state index in [0.29, 0.717) is 29.4 Å². The molecule has 5 nitrogen and oxygen atoms in total. The number of benzene rings is 2. The molecule has 1 heterocycles. The second kappa shape index (κ2) is 17.6. The van der Waals surface area contributed by atoms with Gasteiger partial charge < -0.3 is 14.8 Å². The fourth-order valence-corrected chi connectivity index (χ4v) is 5.16. The molecule has 0 aliphatic heterocycles. The van der Waals surface area contributed by atoms with Crippen LogP contribution in [0.15, 0.2) is 59.6 Å². The molecule has 1 N–H and O–H groups in total. The van der Waals surface area contributed by atoms with Crippen molar-refractivity contribution in [1.82, 2.24) is 0 Å². The minimum absolute atomic E-state index is 0.164. The molecule has 0 fully saturated rings. The van der Waals surface area contributed by atoms with E-state index in [4.69, 9.17) is 9.47 Å². The molecule has 0 atom stereocenters. The molecule has 3 rings (SSSR count). The van der Waals surface area contributed by atoms with Gasteiger partial charge in [0.2, 0.25) is 5.51 Å². The van der Waals surface area contributed by atoms with Crippen molar-refractivity contribution in [3.63, 3.8) is 0 Å². The number of carbonyl (C=O) groups excluding carboxylic acids is 1. The summed E-state index contributed by atoms with van der Waals surface area (Å²) < 4.78 is 13.8. The van der Waals surface area contributed by atoms with Gasteiger partial charge in [-0.3, -0.25) is 4.79 Å². The molecule has 0 bridgehead atoms. The van der Waals surface area contributed by atoms with Crippen molar-refractivity contribution in [1.29, 1.82) is 0 Å². The predicted octanol–water partition coefficient (Wildman–Crippen LogP) is 8.42. The van der Waals surface area contributed by atoms with E-state index in [1.165, 1.54) is 64.2 Å². The summed E-state index contributed by atoms with van der Waals surface area (Å²) in [6, 6.07) is 13.3. The Bertz CT molecular complexity index is 1050. The van der Waals surface area contributed by atoms with Crippen LogP contribution >= 0.6 is 11.3 Å². The maximum absolute atomic E-state index is 13.0. The Balaban J connectivity index is 1.40. The number of methoxy groups -OCH3 is 1. The van der Waals surface area contributed by atoms with Crippen LogP contribution in [0.25, 0.3) is 0 Å². The first-order valence-corrected chi connectivity index (χ1v) is 15.3. The Morgan fingerprint density at radius 3 is 2.13 bits per heavy atom. The molecule has 6 heteroatoms.